The van der Waals surface area contributed by atoms with E-state index in [9.17, 15) is 9.59 Å². The molecule has 0 aliphatic rings. The molecule has 0 atom stereocenters. The van der Waals surface area contributed by atoms with Crippen LogP contribution < -0.4 is 5.56 Å². The standard InChI is InChI=1S/C18H12N2O3/c19-10-12-1-3-13(4-2-12)11-20-8-7-14-5-6-15(18(22)23)9-16(14)17(20)21/h1-9H,11H2,(H,22,23). The summed E-state index contributed by atoms with van der Waals surface area (Å²) < 4.78 is 1.52. The van der Waals surface area contributed by atoms with Gasteiger partial charge in [0.2, 0.25) is 0 Å². The fourth-order valence-corrected chi connectivity index (χ4v) is 2.42. The molecule has 0 aliphatic heterocycles. The molecule has 2 aromatic carbocycles. The predicted molar refractivity (Wildman–Crippen MR) is 85.4 cm³/mol. The zero-order valence-corrected chi connectivity index (χ0v) is 12.1. The average molecular weight is 304 g/mol. The third-order valence-corrected chi connectivity index (χ3v) is 3.66. The molecule has 0 aliphatic carbocycles. The summed E-state index contributed by atoms with van der Waals surface area (Å²) in [6, 6.07) is 15.3. The van der Waals surface area contributed by atoms with Crippen LogP contribution in [0.5, 0.6) is 0 Å². The van der Waals surface area contributed by atoms with Crippen molar-refractivity contribution in [3.8, 4) is 6.07 Å². The highest BCUT2D eigenvalue weighted by atomic mass is 16.4. The van der Waals surface area contributed by atoms with Gasteiger partial charge in [0.25, 0.3) is 5.56 Å². The van der Waals surface area contributed by atoms with E-state index in [1.165, 1.54) is 16.7 Å². The number of nitriles is 1. The van der Waals surface area contributed by atoms with Crippen molar-refractivity contribution in [2.24, 2.45) is 0 Å². The number of carboxylic acids is 1. The molecule has 1 heterocycles. The number of hydrogen-bond acceptors (Lipinski definition) is 3. The molecular weight excluding hydrogens is 292 g/mol. The number of aromatic nitrogens is 1. The maximum atomic E-state index is 12.5. The average Bonchev–Trinajstić information content (AvgIpc) is 2.58. The van der Waals surface area contributed by atoms with E-state index in [2.05, 4.69) is 0 Å². The molecule has 0 saturated heterocycles. The lowest BCUT2D eigenvalue weighted by atomic mass is 10.1. The van der Waals surface area contributed by atoms with Gasteiger partial charge in [0.1, 0.15) is 0 Å². The Morgan fingerprint density at radius 1 is 1.13 bits per heavy atom. The van der Waals surface area contributed by atoms with E-state index in [1.807, 2.05) is 6.07 Å². The van der Waals surface area contributed by atoms with Gasteiger partial charge < -0.3 is 9.67 Å². The maximum Gasteiger partial charge on any atom is 0.335 e. The molecule has 5 heteroatoms. The molecule has 1 aromatic heterocycles. The number of carbonyl (C=O) groups is 1. The van der Waals surface area contributed by atoms with Gasteiger partial charge in [-0.3, -0.25) is 4.79 Å². The zero-order chi connectivity index (χ0) is 16.4. The molecular formula is C18H12N2O3. The Kier molecular flexibility index (Phi) is 3.65. The topological polar surface area (TPSA) is 83.1 Å². The zero-order valence-electron chi connectivity index (χ0n) is 12.1. The summed E-state index contributed by atoms with van der Waals surface area (Å²) in [4.78, 5) is 23.6. The molecule has 3 rings (SSSR count). The molecule has 0 unspecified atom stereocenters. The van der Waals surface area contributed by atoms with Crippen LogP contribution in [-0.2, 0) is 6.54 Å². The monoisotopic (exact) mass is 304 g/mol. The Labute approximate surface area is 131 Å². The molecule has 0 radical (unpaired) electrons. The SMILES string of the molecule is N#Cc1ccc(Cn2ccc3ccc(C(=O)O)cc3c2=O)cc1. The molecule has 0 saturated carbocycles. The number of pyridine rings is 1. The molecule has 0 spiro atoms. The summed E-state index contributed by atoms with van der Waals surface area (Å²) in [6.45, 7) is 0.359. The van der Waals surface area contributed by atoms with Gasteiger partial charge in [-0.25, -0.2) is 4.79 Å². The van der Waals surface area contributed by atoms with Crippen LogP contribution in [0, 0.1) is 11.3 Å². The fourth-order valence-electron chi connectivity index (χ4n) is 2.42. The normalized spacial score (nSPS) is 10.4. The Balaban J connectivity index is 2.04. The van der Waals surface area contributed by atoms with E-state index in [0.717, 1.165) is 5.56 Å². The van der Waals surface area contributed by atoms with Gasteiger partial charge in [0, 0.05) is 11.6 Å². The Bertz CT molecular complexity index is 995. The number of benzene rings is 2. The number of nitrogens with zero attached hydrogens (tertiary/aromatic N) is 2. The lowest BCUT2D eigenvalue weighted by Gasteiger charge is -2.08. The largest absolute Gasteiger partial charge is 0.478 e. The van der Waals surface area contributed by atoms with Gasteiger partial charge >= 0.3 is 5.97 Å². The van der Waals surface area contributed by atoms with Crippen molar-refractivity contribution in [3.05, 3.63) is 81.8 Å². The van der Waals surface area contributed by atoms with E-state index in [4.69, 9.17) is 10.4 Å². The highest BCUT2D eigenvalue weighted by Gasteiger charge is 2.08. The number of rotatable bonds is 3. The van der Waals surface area contributed by atoms with Crippen molar-refractivity contribution in [1.82, 2.24) is 4.57 Å². The summed E-state index contributed by atoms with van der Waals surface area (Å²) in [5.41, 5.74) is 1.30. The third kappa shape index (κ3) is 2.83. The first kappa shape index (κ1) is 14.5. The summed E-state index contributed by atoms with van der Waals surface area (Å²) in [7, 11) is 0. The predicted octanol–water partition coefficient (Wildman–Crippen LogP) is 2.62. The lowest BCUT2D eigenvalue weighted by Crippen LogP contribution is -2.20. The van der Waals surface area contributed by atoms with Crippen LogP contribution in [0.4, 0.5) is 0 Å². The van der Waals surface area contributed by atoms with E-state index in [-0.39, 0.29) is 11.1 Å². The van der Waals surface area contributed by atoms with Gasteiger partial charge in [0.15, 0.2) is 0 Å². The second kappa shape index (κ2) is 5.78. The molecule has 0 bridgehead atoms. The number of fused-ring (bicyclic) bond motifs is 1. The van der Waals surface area contributed by atoms with Crippen molar-refractivity contribution in [2.45, 2.75) is 6.54 Å². The highest BCUT2D eigenvalue weighted by molar-refractivity contribution is 5.93. The van der Waals surface area contributed by atoms with Crippen LogP contribution in [0.3, 0.4) is 0 Å². The molecule has 23 heavy (non-hydrogen) atoms. The molecule has 5 nitrogen and oxygen atoms in total. The second-order valence-electron chi connectivity index (χ2n) is 5.16. The first-order valence-corrected chi connectivity index (χ1v) is 6.94. The van der Waals surface area contributed by atoms with Gasteiger partial charge in [-0.1, -0.05) is 18.2 Å². The van der Waals surface area contributed by atoms with Crippen molar-refractivity contribution in [2.75, 3.05) is 0 Å². The van der Waals surface area contributed by atoms with Crippen LogP contribution in [0.2, 0.25) is 0 Å². The van der Waals surface area contributed by atoms with Crippen LogP contribution >= 0.6 is 0 Å². The van der Waals surface area contributed by atoms with Crippen molar-refractivity contribution < 1.29 is 9.90 Å². The fraction of sp³-hybridized carbons (Fsp3) is 0.0556. The second-order valence-corrected chi connectivity index (χ2v) is 5.16. The third-order valence-electron chi connectivity index (χ3n) is 3.66. The smallest absolute Gasteiger partial charge is 0.335 e. The van der Waals surface area contributed by atoms with E-state index < -0.39 is 5.97 Å². The van der Waals surface area contributed by atoms with Crippen LogP contribution in [0.25, 0.3) is 10.8 Å². The Morgan fingerprint density at radius 2 is 1.87 bits per heavy atom. The molecule has 112 valence electrons. The van der Waals surface area contributed by atoms with Crippen molar-refractivity contribution >= 4 is 16.7 Å². The van der Waals surface area contributed by atoms with Crippen LogP contribution in [0.15, 0.2) is 59.5 Å². The first-order chi connectivity index (χ1) is 11.1. The number of aromatic carboxylic acids is 1. The molecule has 0 fully saturated rings. The van der Waals surface area contributed by atoms with E-state index >= 15 is 0 Å². The minimum Gasteiger partial charge on any atom is -0.478 e. The lowest BCUT2D eigenvalue weighted by molar-refractivity contribution is 0.0697. The van der Waals surface area contributed by atoms with E-state index in [1.54, 1.807) is 42.6 Å². The highest BCUT2D eigenvalue weighted by Crippen LogP contribution is 2.13. The van der Waals surface area contributed by atoms with E-state index in [0.29, 0.717) is 22.9 Å². The minimum atomic E-state index is -1.06. The first-order valence-electron chi connectivity index (χ1n) is 6.94. The van der Waals surface area contributed by atoms with Crippen molar-refractivity contribution in [3.63, 3.8) is 0 Å². The van der Waals surface area contributed by atoms with Crippen LogP contribution in [0.1, 0.15) is 21.5 Å². The summed E-state index contributed by atoms with van der Waals surface area (Å²) in [6.07, 6.45) is 1.68. The van der Waals surface area contributed by atoms with Crippen molar-refractivity contribution in [1.29, 1.82) is 5.26 Å². The van der Waals surface area contributed by atoms with Gasteiger partial charge in [0.05, 0.1) is 23.7 Å². The van der Waals surface area contributed by atoms with Gasteiger partial charge in [-0.05, 0) is 41.3 Å². The van der Waals surface area contributed by atoms with Crippen LogP contribution in [-0.4, -0.2) is 15.6 Å². The summed E-state index contributed by atoms with van der Waals surface area (Å²) in [5, 5.41) is 18.9. The maximum absolute atomic E-state index is 12.5. The van der Waals surface area contributed by atoms with Gasteiger partial charge in [-0.15, -0.1) is 0 Å². The summed E-state index contributed by atoms with van der Waals surface area (Å²) in [5.74, 6) is -1.06. The quantitative estimate of drug-likeness (QED) is 0.806. The summed E-state index contributed by atoms with van der Waals surface area (Å²) >= 11 is 0. The molecule has 0 amide bonds. The molecule has 3 aromatic rings. The number of carboxylic acid groups (broad SMARTS) is 1. The number of hydrogen-bond donors (Lipinski definition) is 1. The molecule has 1 N–H and O–H groups in total. The Hall–Kier alpha value is -3.39. The Morgan fingerprint density at radius 3 is 2.52 bits per heavy atom. The minimum absolute atomic E-state index is 0.0886. The van der Waals surface area contributed by atoms with Gasteiger partial charge in [-0.2, -0.15) is 5.26 Å².